The van der Waals surface area contributed by atoms with Gasteiger partial charge in [0.15, 0.2) is 11.6 Å². The summed E-state index contributed by atoms with van der Waals surface area (Å²) < 4.78 is 0. The molecule has 5 nitrogen and oxygen atoms in total. The Bertz CT molecular complexity index is 854. The number of aliphatic carboxylic acids is 1. The highest BCUT2D eigenvalue weighted by atomic mass is 16.4. The first-order valence-electron chi connectivity index (χ1n) is 6.98. The predicted molar refractivity (Wildman–Crippen MR) is 85.0 cm³/mol. The zero-order chi connectivity index (χ0) is 16.6. The van der Waals surface area contributed by atoms with Crippen LogP contribution in [0, 0.1) is 0 Å². The monoisotopic (exact) mass is 307 g/mol. The summed E-state index contributed by atoms with van der Waals surface area (Å²) >= 11 is 0. The van der Waals surface area contributed by atoms with Gasteiger partial charge in [-0.25, -0.2) is 4.79 Å². The SMILES string of the molecule is C=CC(Nc1cccc2c1C(=O)c1ccccc1C2=O)C(=O)O. The fraction of sp³-hybridized carbons (Fsp3) is 0.0556. The Morgan fingerprint density at radius 1 is 1.00 bits per heavy atom. The van der Waals surface area contributed by atoms with Gasteiger partial charge in [0.25, 0.3) is 0 Å². The smallest absolute Gasteiger partial charge is 0.330 e. The summed E-state index contributed by atoms with van der Waals surface area (Å²) in [6.45, 7) is 3.47. The number of carboxylic acid groups (broad SMARTS) is 1. The second-order valence-electron chi connectivity index (χ2n) is 5.13. The summed E-state index contributed by atoms with van der Waals surface area (Å²) in [5.74, 6) is -1.66. The van der Waals surface area contributed by atoms with E-state index < -0.39 is 12.0 Å². The zero-order valence-electron chi connectivity index (χ0n) is 12.1. The molecule has 1 unspecified atom stereocenters. The molecule has 1 aliphatic rings. The van der Waals surface area contributed by atoms with Crippen LogP contribution in [0.3, 0.4) is 0 Å². The number of carbonyl (C=O) groups is 3. The van der Waals surface area contributed by atoms with E-state index in [0.717, 1.165) is 0 Å². The van der Waals surface area contributed by atoms with Crippen molar-refractivity contribution >= 4 is 23.2 Å². The number of hydrogen-bond donors (Lipinski definition) is 2. The maximum Gasteiger partial charge on any atom is 0.330 e. The quantitative estimate of drug-likeness (QED) is 0.724. The van der Waals surface area contributed by atoms with Crippen molar-refractivity contribution < 1.29 is 19.5 Å². The van der Waals surface area contributed by atoms with Crippen LogP contribution in [-0.4, -0.2) is 28.7 Å². The topological polar surface area (TPSA) is 83.5 Å². The maximum absolute atomic E-state index is 12.7. The average molecular weight is 307 g/mol. The molecule has 0 aromatic heterocycles. The zero-order valence-corrected chi connectivity index (χ0v) is 12.1. The normalized spacial score (nSPS) is 13.7. The molecule has 0 fully saturated rings. The number of carbonyl (C=O) groups excluding carboxylic acids is 2. The van der Waals surface area contributed by atoms with Crippen LogP contribution < -0.4 is 5.32 Å². The van der Waals surface area contributed by atoms with Crippen LogP contribution >= 0.6 is 0 Å². The summed E-state index contributed by atoms with van der Waals surface area (Å²) in [6.07, 6.45) is 1.23. The molecule has 0 spiro atoms. The Morgan fingerprint density at radius 3 is 2.22 bits per heavy atom. The van der Waals surface area contributed by atoms with Crippen molar-refractivity contribution in [3.8, 4) is 0 Å². The van der Waals surface area contributed by atoms with E-state index in [0.29, 0.717) is 16.8 Å². The third-order valence-corrected chi connectivity index (χ3v) is 3.77. The summed E-state index contributed by atoms with van der Waals surface area (Å²) in [5, 5.41) is 11.9. The highest BCUT2D eigenvalue weighted by Gasteiger charge is 2.31. The van der Waals surface area contributed by atoms with E-state index in [1.54, 1.807) is 42.5 Å². The second-order valence-corrected chi connectivity index (χ2v) is 5.13. The molecule has 3 rings (SSSR count). The van der Waals surface area contributed by atoms with E-state index in [-0.39, 0.29) is 22.7 Å². The van der Waals surface area contributed by atoms with Crippen molar-refractivity contribution in [2.24, 2.45) is 0 Å². The van der Waals surface area contributed by atoms with Gasteiger partial charge in [-0.1, -0.05) is 42.5 Å². The summed E-state index contributed by atoms with van der Waals surface area (Å²) in [4.78, 5) is 36.5. The van der Waals surface area contributed by atoms with E-state index >= 15 is 0 Å². The lowest BCUT2D eigenvalue weighted by Crippen LogP contribution is -2.29. The molecule has 0 aliphatic heterocycles. The van der Waals surface area contributed by atoms with Gasteiger partial charge >= 0.3 is 5.97 Å². The van der Waals surface area contributed by atoms with Gasteiger partial charge in [0.05, 0.1) is 5.56 Å². The van der Waals surface area contributed by atoms with Crippen molar-refractivity contribution in [1.29, 1.82) is 0 Å². The molecule has 114 valence electrons. The van der Waals surface area contributed by atoms with E-state index in [1.165, 1.54) is 6.08 Å². The standard InChI is InChI=1S/C18H13NO4/c1-2-13(18(22)23)19-14-9-5-8-12-15(14)17(21)11-7-4-3-6-10(11)16(12)20/h2-9,13,19H,1H2,(H,22,23). The fourth-order valence-corrected chi connectivity index (χ4v) is 2.65. The van der Waals surface area contributed by atoms with Crippen LogP contribution in [0.2, 0.25) is 0 Å². The summed E-state index contributed by atoms with van der Waals surface area (Å²) in [6, 6.07) is 10.3. The maximum atomic E-state index is 12.7. The molecule has 23 heavy (non-hydrogen) atoms. The van der Waals surface area contributed by atoms with Gasteiger partial charge in [0.2, 0.25) is 0 Å². The van der Waals surface area contributed by atoms with Crippen LogP contribution in [0.25, 0.3) is 0 Å². The van der Waals surface area contributed by atoms with Gasteiger partial charge in [-0.3, -0.25) is 9.59 Å². The van der Waals surface area contributed by atoms with Crippen LogP contribution in [0.4, 0.5) is 5.69 Å². The van der Waals surface area contributed by atoms with Gasteiger partial charge in [-0.15, -0.1) is 6.58 Å². The molecular formula is C18H13NO4. The Morgan fingerprint density at radius 2 is 1.61 bits per heavy atom. The molecule has 0 saturated heterocycles. The summed E-state index contributed by atoms with van der Waals surface area (Å²) in [5.41, 5.74) is 1.46. The van der Waals surface area contributed by atoms with Crippen LogP contribution in [0.5, 0.6) is 0 Å². The molecule has 0 saturated carbocycles. The minimum Gasteiger partial charge on any atom is -0.479 e. The largest absolute Gasteiger partial charge is 0.479 e. The molecule has 2 aromatic rings. The molecule has 0 heterocycles. The molecule has 1 aliphatic carbocycles. The predicted octanol–water partition coefficient (Wildman–Crippen LogP) is 2.51. The minimum absolute atomic E-state index is 0.198. The average Bonchev–Trinajstić information content (AvgIpc) is 2.57. The van der Waals surface area contributed by atoms with E-state index in [9.17, 15) is 14.4 Å². The van der Waals surface area contributed by atoms with Crippen molar-refractivity contribution in [2.75, 3.05) is 5.32 Å². The molecule has 5 heteroatoms. The van der Waals surface area contributed by atoms with E-state index in [1.807, 2.05) is 0 Å². The van der Waals surface area contributed by atoms with Gasteiger partial charge in [-0.05, 0) is 6.07 Å². The van der Waals surface area contributed by atoms with Crippen LogP contribution in [0.1, 0.15) is 31.8 Å². The van der Waals surface area contributed by atoms with Crippen LogP contribution in [0.15, 0.2) is 55.1 Å². The molecule has 1 atom stereocenters. The highest BCUT2D eigenvalue weighted by molar-refractivity contribution is 6.30. The minimum atomic E-state index is -1.12. The number of anilines is 1. The number of fused-ring (bicyclic) bond motifs is 2. The first-order chi connectivity index (χ1) is 11.0. The number of ketones is 2. The third kappa shape index (κ3) is 2.32. The molecule has 2 N–H and O–H groups in total. The molecular weight excluding hydrogens is 294 g/mol. The van der Waals surface area contributed by atoms with Crippen LogP contribution in [-0.2, 0) is 4.79 Å². The number of rotatable bonds is 4. The van der Waals surface area contributed by atoms with Crippen molar-refractivity contribution in [3.05, 3.63) is 77.4 Å². The lowest BCUT2D eigenvalue weighted by molar-refractivity contribution is -0.136. The number of carboxylic acids is 1. The molecule has 2 aromatic carbocycles. The highest BCUT2D eigenvalue weighted by Crippen LogP contribution is 2.32. The lowest BCUT2D eigenvalue weighted by Gasteiger charge is -2.22. The van der Waals surface area contributed by atoms with E-state index in [2.05, 4.69) is 11.9 Å². The third-order valence-electron chi connectivity index (χ3n) is 3.77. The molecule has 0 amide bonds. The first kappa shape index (κ1) is 14.7. The fourth-order valence-electron chi connectivity index (χ4n) is 2.65. The van der Waals surface area contributed by atoms with Gasteiger partial charge in [0.1, 0.15) is 6.04 Å². The Hall–Kier alpha value is -3.21. The lowest BCUT2D eigenvalue weighted by atomic mass is 9.83. The number of nitrogens with one attached hydrogen (secondary N) is 1. The second kappa shape index (κ2) is 5.53. The van der Waals surface area contributed by atoms with Crippen molar-refractivity contribution in [2.45, 2.75) is 6.04 Å². The van der Waals surface area contributed by atoms with Crippen molar-refractivity contribution in [3.63, 3.8) is 0 Å². The summed E-state index contributed by atoms with van der Waals surface area (Å²) in [7, 11) is 0. The Labute approximate surface area is 132 Å². The molecule has 0 bridgehead atoms. The van der Waals surface area contributed by atoms with Crippen molar-refractivity contribution in [1.82, 2.24) is 0 Å². The van der Waals surface area contributed by atoms with Gasteiger partial charge < -0.3 is 10.4 Å². The number of hydrogen-bond acceptors (Lipinski definition) is 4. The Kier molecular flexibility index (Phi) is 3.54. The first-order valence-corrected chi connectivity index (χ1v) is 6.98. The molecule has 0 radical (unpaired) electrons. The van der Waals surface area contributed by atoms with E-state index in [4.69, 9.17) is 5.11 Å². The Balaban J connectivity index is 2.14. The number of benzene rings is 2. The van der Waals surface area contributed by atoms with Gasteiger partial charge in [-0.2, -0.15) is 0 Å². The van der Waals surface area contributed by atoms with Gasteiger partial charge in [0, 0.05) is 22.4 Å².